The van der Waals surface area contributed by atoms with Gasteiger partial charge in [0, 0.05) is 37.6 Å². The molecule has 1 aliphatic heterocycles. The Bertz CT molecular complexity index is 1360. The molecule has 1 amide bonds. The number of aromatic nitrogens is 2. The molecule has 0 aliphatic carbocycles. The fourth-order valence-corrected chi connectivity index (χ4v) is 5.25. The molecule has 10 heteroatoms. The Balaban J connectivity index is 1.36. The highest BCUT2D eigenvalue weighted by molar-refractivity contribution is 7.20. The summed E-state index contributed by atoms with van der Waals surface area (Å²) in [6, 6.07) is 14.6. The summed E-state index contributed by atoms with van der Waals surface area (Å²) in [4.78, 5) is 29.4. The minimum absolute atomic E-state index is 0.0662. The van der Waals surface area contributed by atoms with Crippen molar-refractivity contribution in [2.24, 2.45) is 0 Å². The summed E-state index contributed by atoms with van der Waals surface area (Å²) in [6.45, 7) is 3.87. The number of nitro benzene ring substituents is 1. The van der Waals surface area contributed by atoms with Crippen molar-refractivity contribution in [3.63, 3.8) is 0 Å². The standard InChI is InChI=1S/C23H20FN5O3S/c1-15-18-14-21(33-23(18)28(25-15)17-8-6-16(24)7-9-17)22(30)27-12-10-26(11-13-27)19-4-2-3-5-20(19)29(31)32/h2-9,14H,10-13H2,1H3. The SMILES string of the molecule is Cc1nn(-c2ccc(F)cc2)c2sc(C(=O)N3CCN(c4ccccc4[N+](=O)[O-])CC3)cc12. The number of halogens is 1. The maximum atomic E-state index is 13.3. The number of hydrogen-bond donors (Lipinski definition) is 0. The number of carbonyl (C=O) groups excluding carboxylic acids is 1. The predicted molar refractivity (Wildman–Crippen MR) is 125 cm³/mol. The molecule has 8 nitrogen and oxygen atoms in total. The molecule has 33 heavy (non-hydrogen) atoms. The highest BCUT2D eigenvalue weighted by Gasteiger charge is 2.27. The van der Waals surface area contributed by atoms with Crippen molar-refractivity contribution >= 4 is 38.8 Å². The van der Waals surface area contributed by atoms with Crippen molar-refractivity contribution in [1.29, 1.82) is 0 Å². The topological polar surface area (TPSA) is 84.5 Å². The molecule has 0 N–H and O–H groups in total. The van der Waals surface area contributed by atoms with Gasteiger partial charge < -0.3 is 9.80 Å². The molecule has 0 unspecified atom stereocenters. The first-order valence-corrected chi connectivity index (χ1v) is 11.3. The molecule has 0 spiro atoms. The minimum atomic E-state index is -0.378. The van der Waals surface area contributed by atoms with Gasteiger partial charge in [-0.3, -0.25) is 14.9 Å². The molecule has 0 atom stereocenters. The van der Waals surface area contributed by atoms with Crippen molar-refractivity contribution in [2.45, 2.75) is 6.92 Å². The molecule has 168 valence electrons. The quantitative estimate of drug-likeness (QED) is 0.329. The van der Waals surface area contributed by atoms with Crippen molar-refractivity contribution in [3.05, 3.63) is 81.1 Å². The van der Waals surface area contributed by atoms with Gasteiger partial charge in [-0.1, -0.05) is 12.1 Å². The van der Waals surface area contributed by atoms with Crippen LogP contribution in [0.15, 0.2) is 54.6 Å². The number of piperazine rings is 1. The Kier molecular flexibility index (Phi) is 5.29. The molecule has 0 radical (unpaired) electrons. The van der Waals surface area contributed by atoms with Gasteiger partial charge in [0.1, 0.15) is 16.3 Å². The molecule has 4 aromatic rings. The summed E-state index contributed by atoms with van der Waals surface area (Å²) in [6.07, 6.45) is 0. The largest absolute Gasteiger partial charge is 0.362 e. The molecule has 0 saturated carbocycles. The van der Waals surface area contributed by atoms with E-state index in [2.05, 4.69) is 5.10 Å². The van der Waals surface area contributed by atoms with Gasteiger partial charge in [-0.25, -0.2) is 9.07 Å². The number of para-hydroxylation sites is 2. The molecule has 0 bridgehead atoms. The Hall–Kier alpha value is -3.79. The van der Waals surface area contributed by atoms with Crippen LogP contribution in [0.5, 0.6) is 0 Å². The van der Waals surface area contributed by atoms with E-state index in [0.29, 0.717) is 36.7 Å². The monoisotopic (exact) mass is 465 g/mol. The third-order valence-corrected chi connectivity index (χ3v) is 6.91. The van der Waals surface area contributed by atoms with E-state index < -0.39 is 0 Å². The minimum Gasteiger partial charge on any atom is -0.362 e. The highest BCUT2D eigenvalue weighted by Crippen LogP contribution is 2.32. The molecule has 2 aromatic carbocycles. The lowest BCUT2D eigenvalue weighted by atomic mass is 10.2. The lowest BCUT2D eigenvalue weighted by Gasteiger charge is -2.35. The summed E-state index contributed by atoms with van der Waals surface area (Å²) < 4.78 is 15.1. The van der Waals surface area contributed by atoms with E-state index >= 15 is 0 Å². The van der Waals surface area contributed by atoms with Crippen LogP contribution in [0.1, 0.15) is 15.4 Å². The number of thiophene rings is 1. The fourth-order valence-electron chi connectivity index (χ4n) is 4.10. The Morgan fingerprint density at radius 2 is 1.79 bits per heavy atom. The van der Waals surface area contributed by atoms with Gasteiger partial charge in [0.15, 0.2) is 0 Å². The maximum absolute atomic E-state index is 13.3. The van der Waals surface area contributed by atoms with Gasteiger partial charge in [0.25, 0.3) is 11.6 Å². The van der Waals surface area contributed by atoms with Crippen LogP contribution in [0.4, 0.5) is 15.8 Å². The Morgan fingerprint density at radius 1 is 1.09 bits per heavy atom. The second-order valence-corrected chi connectivity index (χ2v) is 8.86. The van der Waals surface area contributed by atoms with Crippen molar-refractivity contribution < 1.29 is 14.1 Å². The summed E-state index contributed by atoms with van der Waals surface area (Å²) in [5.74, 6) is -0.385. The normalized spacial score (nSPS) is 14.1. The van der Waals surface area contributed by atoms with Crippen LogP contribution in [0.3, 0.4) is 0 Å². The lowest BCUT2D eigenvalue weighted by Crippen LogP contribution is -2.48. The second kappa shape index (κ2) is 8.28. The molecular formula is C23H20FN5O3S. The smallest absolute Gasteiger partial charge is 0.292 e. The number of fused-ring (bicyclic) bond motifs is 1. The van der Waals surface area contributed by atoms with E-state index in [1.54, 1.807) is 39.9 Å². The predicted octanol–water partition coefficient (Wildman–Crippen LogP) is 4.41. The van der Waals surface area contributed by atoms with Gasteiger partial charge in [0.2, 0.25) is 0 Å². The van der Waals surface area contributed by atoms with Gasteiger partial charge in [-0.05, 0) is 43.3 Å². The number of carbonyl (C=O) groups is 1. The van der Waals surface area contributed by atoms with E-state index in [9.17, 15) is 19.3 Å². The van der Waals surface area contributed by atoms with Crippen LogP contribution in [0, 0.1) is 22.9 Å². The van der Waals surface area contributed by atoms with Crippen LogP contribution in [0.25, 0.3) is 15.9 Å². The summed E-state index contributed by atoms with van der Waals surface area (Å²) in [5, 5.41) is 16.8. The van der Waals surface area contributed by atoms with Gasteiger partial charge in [-0.15, -0.1) is 11.3 Å². The third kappa shape index (κ3) is 3.82. The van der Waals surface area contributed by atoms with Gasteiger partial charge >= 0.3 is 0 Å². The number of nitro groups is 1. The summed E-state index contributed by atoms with van der Waals surface area (Å²) >= 11 is 1.36. The average Bonchev–Trinajstić information content (AvgIpc) is 3.40. The van der Waals surface area contributed by atoms with Gasteiger partial charge in [0.05, 0.1) is 21.2 Å². The van der Waals surface area contributed by atoms with E-state index in [-0.39, 0.29) is 22.3 Å². The number of benzene rings is 2. The fraction of sp³-hybridized carbons (Fsp3) is 0.217. The van der Waals surface area contributed by atoms with Crippen LogP contribution >= 0.6 is 11.3 Å². The van der Waals surface area contributed by atoms with Crippen LogP contribution in [0.2, 0.25) is 0 Å². The molecule has 2 aromatic heterocycles. The number of rotatable bonds is 4. The highest BCUT2D eigenvalue weighted by atomic mass is 32.1. The van der Waals surface area contributed by atoms with Crippen LogP contribution in [-0.4, -0.2) is 51.7 Å². The number of amides is 1. The average molecular weight is 466 g/mol. The molecular weight excluding hydrogens is 445 g/mol. The number of hydrogen-bond acceptors (Lipinski definition) is 6. The molecule has 1 fully saturated rings. The maximum Gasteiger partial charge on any atom is 0.292 e. The van der Waals surface area contributed by atoms with Crippen molar-refractivity contribution in [3.8, 4) is 5.69 Å². The van der Waals surface area contributed by atoms with E-state index in [1.165, 1.54) is 29.5 Å². The first-order chi connectivity index (χ1) is 15.9. The summed E-state index contributed by atoms with van der Waals surface area (Å²) in [7, 11) is 0. The zero-order chi connectivity index (χ0) is 23.1. The van der Waals surface area contributed by atoms with Gasteiger partial charge in [-0.2, -0.15) is 5.10 Å². The molecule has 1 saturated heterocycles. The molecule has 1 aliphatic rings. The zero-order valence-electron chi connectivity index (χ0n) is 17.8. The van der Waals surface area contributed by atoms with E-state index in [1.807, 2.05) is 17.9 Å². The van der Waals surface area contributed by atoms with Crippen molar-refractivity contribution in [2.75, 3.05) is 31.1 Å². The number of aryl methyl sites for hydroxylation is 1. The Labute approximate surface area is 192 Å². The lowest BCUT2D eigenvalue weighted by molar-refractivity contribution is -0.384. The third-order valence-electron chi connectivity index (χ3n) is 5.81. The molecule has 3 heterocycles. The zero-order valence-corrected chi connectivity index (χ0v) is 18.6. The van der Waals surface area contributed by atoms with E-state index in [4.69, 9.17) is 0 Å². The van der Waals surface area contributed by atoms with E-state index in [0.717, 1.165) is 21.6 Å². The second-order valence-electron chi connectivity index (χ2n) is 7.83. The first kappa shape index (κ1) is 21.1. The molecule has 5 rings (SSSR count). The van der Waals surface area contributed by atoms with Crippen LogP contribution in [-0.2, 0) is 0 Å². The van der Waals surface area contributed by atoms with Crippen molar-refractivity contribution in [1.82, 2.24) is 14.7 Å². The number of anilines is 1. The first-order valence-electron chi connectivity index (χ1n) is 10.4. The summed E-state index contributed by atoms with van der Waals surface area (Å²) in [5.41, 5.74) is 2.17. The number of nitrogens with zero attached hydrogens (tertiary/aromatic N) is 5. The van der Waals surface area contributed by atoms with Crippen LogP contribution < -0.4 is 4.90 Å². The Morgan fingerprint density at radius 3 is 2.48 bits per heavy atom.